The first-order valence-electron chi connectivity index (χ1n) is 7.04. The molecule has 3 rings (SSSR count). The number of aromatic nitrogens is 3. The number of anilines is 1. The van der Waals surface area contributed by atoms with Crippen LogP contribution in [0.25, 0.3) is 0 Å². The van der Waals surface area contributed by atoms with E-state index in [1.807, 2.05) is 19.1 Å². The van der Waals surface area contributed by atoms with Gasteiger partial charge in [-0.2, -0.15) is 5.10 Å². The zero-order chi connectivity index (χ0) is 16.3. The van der Waals surface area contributed by atoms with Crippen molar-refractivity contribution in [2.45, 2.75) is 18.4 Å². The van der Waals surface area contributed by atoms with Crippen molar-refractivity contribution >= 4 is 15.7 Å². The normalized spacial score (nSPS) is 11.3. The molecule has 0 fully saturated rings. The van der Waals surface area contributed by atoms with Crippen LogP contribution in [0.3, 0.4) is 0 Å². The summed E-state index contributed by atoms with van der Waals surface area (Å²) in [5.41, 5.74) is 2.54. The fourth-order valence-corrected chi connectivity index (χ4v) is 3.17. The minimum Gasteiger partial charge on any atom is -0.280 e. The molecule has 0 bridgehead atoms. The molecule has 23 heavy (non-hydrogen) atoms. The van der Waals surface area contributed by atoms with Gasteiger partial charge in [0.1, 0.15) is 12.7 Å². The van der Waals surface area contributed by atoms with Crippen LogP contribution in [0.2, 0.25) is 0 Å². The summed E-state index contributed by atoms with van der Waals surface area (Å²) >= 11 is 0. The second kappa shape index (κ2) is 6.21. The van der Waals surface area contributed by atoms with Gasteiger partial charge in [0.25, 0.3) is 10.0 Å². The molecule has 118 valence electrons. The molecule has 7 heteroatoms. The largest absolute Gasteiger partial charge is 0.280 e. The quantitative estimate of drug-likeness (QED) is 0.780. The molecule has 0 amide bonds. The molecule has 3 aromatic rings. The van der Waals surface area contributed by atoms with Crippen molar-refractivity contribution < 1.29 is 8.42 Å². The first-order chi connectivity index (χ1) is 11.0. The summed E-state index contributed by atoms with van der Waals surface area (Å²) in [4.78, 5) is 4.13. The van der Waals surface area contributed by atoms with Crippen LogP contribution in [-0.4, -0.2) is 23.2 Å². The third-order valence-corrected chi connectivity index (χ3v) is 4.75. The summed E-state index contributed by atoms with van der Waals surface area (Å²) in [6.45, 7) is 2.50. The molecule has 0 saturated heterocycles. The summed E-state index contributed by atoms with van der Waals surface area (Å²) < 4.78 is 28.9. The lowest BCUT2D eigenvalue weighted by Crippen LogP contribution is -2.13. The van der Waals surface area contributed by atoms with Crippen molar-refractivity contribution in [2.24, 2.45) is 0 Å². The van der Waals surface area contributed by atoms with Crippen LogP contribution in [0.1, 0.15) is 11.1 Å². The Morgan fingerprint density at radius 3 is 2.35 bits per heavy atom. The highest BCUT2D eigenvalue weighted by Gasteiger charge is 2.13. The zero-order valence-corrected chi connectivity index (χ0v) is 13.4. The average Bonchev–Trinajstić information content (AvgIpc) is 3.02. The summed E-state index contributed by atoms with van der Waals surface area (Å²) in [5, 5.41) is 4.03. The number of benzene rings is 2. The second-order valence-electron chi connectivity index (χ2n) is 5.21. The lowest BCUT2D eigenvalue weighted by atomic mass is 10.2. The lowest BCUT2D eigenvalue weighted by molar-refractivity contribution is 0.601. The van der Waals surface area contributed by atoms with Crippen molar-refractivity contribution in [3.63, 3.8) is 0 Å². The smallest absolute Gasteiger partial charge is 0.261 e. The number of aryl methyl sites for hydroxylation is 1. The lowest BCUT2D eigenvalue weighted by Gasteiger charge is -2.09. The van der Waals surface area contributed by atoms with Crippen LogP contribution < -0.4 is 4.72 Å². The summed E-state index contributed by atoms with van der Waals surface area (Å²) in [6, 6.07) is 13.9. The number of nitrogens with one attached hydrogen (secondary N) is 1. The molecule has 0 unspecified atom stereocenters. The maximum absolute atomic E-state index is 12.3. The topological polar surface area (TPSA) is 76.9 Å². The number of sulfonamides is 1. The molecule has 6 nitrogen and oxygen atoms in total. The van der Waals surface area contributed by atoms with Gasteiger partial charge in [0.15, 0.2) is 0 Å². The Morgan fingerprint density at radius 2 is 1.74 bits per heavy atom. The Kier molecular flexibility index (Phi) is 4.12. The molecule has 1 aromatic heterocycles. The Labute approximate surface area is 134 Å². The molecular formula is C16H16N4O2S. The van der Waals surface area contributed by atoms with Crippen LogP contribution >= 0.6 is 0 Å². The summed E-state index contributed by atoms with van der Waals surface area (Å²) in [5.74, 6) is 0. The highest BCUT2D eigenvalue weighted by Crippen LogP contribution is 2.17. The van der Waals surface area contributed by atoms with E-state index in [0.29, 0.717) is 12.2 Å². The molecule has 0 spiro atoms. The molecule has 0 radical (unpaired) electrons. The average molecular weight is 328 g/mol. The third-order valence-electron chi connectivity index (χ3n) is 3.35. The molecular weight excluding hydrogens is 312 g/mol. The fraction of sp³-hybridized carbons (Fsp3) is 0.125. The highest BCUT2D eigenvalue weighted by molar-refractivity contribution is 7.92. The van der Waals surface area contributed by atoms with Gasteiger partial charge in [-0.1, -0.05) is 29.8 Å². The van der Waals surface area contributed by atoms with E-state index in [4.69, 9.17) is 0 Å². The van der Waals surface area contributed by atoms with Crippen molar-refractivity contribution in [1.82, 2.24) is 14.8 Å². The molecule has 2 aromatic carbocycles. The number of hydrogen-bond donors (Lipinski definition) is 1. The second-order valence-corrected chi connectivity index (χ2v) is 6.89. The first-order valence-corrected chi connectivity index (χ1v) is 8.52. The molecule has 0 aliphatic rings. The predicted octanol–water partition coefficient (Wildman–Crippen LogP) is 2.44. The number of rotatable bonds is 5. The Morgan fingerprint density at radius 1 is 1.04 bits per heavy atom. The van der Waals surface area contributed by atoms with E-state index in [1.165, 1.54) is 6.33 Å². The van der Waals surface area contributed by atoms with Crippen LogP contribution in [0.15, 0.2) is 66.1 Å². The molecule has 0 saturated carbocycles. The van der Waals surface area contributed by atoms with Gasteiger partial charge in [0.2, 0.25) is 0 Å². The van der Waals surface area contributed by atoms with Crippen molar-refractivity contribution in [2.75, 3.05) is 4.72 Å². The zero-order valence-electron chi connectivity index (χ0n) is 12.5. The van der Waals surface area contributed by atoms with Crippen LogP contribution in [0.4, 0.5) is 5.69 Å². The van der Waals surface area contributed by atoms with E-state index in [2.05, 4.69) is 14.8 Å². The maximum atomic E-state index is 12.3. The van der Waals surface area contributed by atoms with Crippen LogP contribution in [0, 0.1) is 6.92 Å². The standard InChI is InChI=1S/C16H16N4O2S/c1-13-2-8-16(9-3-13)23(21,22)19-15-6-4-14(5-7-15)10-20-12-17-11-18-20/h2-9,11-12,19H,10H2,1H3. The number of nitrogens with zero attached hydrogens (tertiary/aromatic N) is 3. The minimum absolute atomic E-state index is 0.245. The Hall–Kier alpha value is -2.67. The monoisotopic (exact) mass is 328 g/mol. The van der Waals surface area contributed by atoms with Crippen LogP contribution in [0.5, 0.6) is 0 Å². The van der Waals surface area contributed by atoms with E-state index in [9.17, 15) is 8.42 Å². The van der Waals surface area contributed by atoms with Gasteiger partial charge in [-0.3, -0.25) is 4.72 Å². The van der Waals surface area contributed by atoms with Gasteiger partial charge in [0, 0.05) is 5.69 Å². The third kappa shape index (κ3) is 3.75. The van der Waals surface area contributed by atoms with Crippen LogP contribution in [-0.2, 0) is 16.6 Å². The van der Waals surface area contributed by atoms with Gasteiger partial charge >= 0.3 is 0 Å². The van der Waals surface area contributed by atoms with E-state index < -0.39 is 10.0 Å². The molecule has 0 aliphatic heterocycles. The van der Waals surface area contributed by atoms with Crippen molar-refractivity contribution in [1.29, 1.82) is 0 Å². The molecule has 0 atom stereocenters. The van der Waals surface area contributed by atoms with Gasteiger partial charge in [-0.25, -0.2) is 18.1 Å². The summed E-state index contributed by atoms with van der Waals surface area (Å²) in [7, 11) is -3.57. The summed E-state index contributed by atoms with van der Waals surface area (Å²) in [6.07, 6.45) is 3.11. The predicted molar refractivity (Wildman–Crippen MR) is 87.6 cm³/mol. The van der Waals surface area contributed by atoms with E-state index in [0.717, 1.165) is 11.1 Å². The first kappa shape index (κ1) is 15.2. The van der Waals surface area contributed by atoms with E-state index in [-0.39, 0.29) is 4.90 Å². The SMILES string of the molecule is Cc1ccc(S(=O)(=O)Nc2ccc(Cn3cncn3)cc2)cc1. The van der Waals surface area contributed by atoms with Crippen molar-refractivity contribution in [3.8, 4) is 0 Å². The Balaban J connectivity index is 1.73. The van der Waals surface area contributed by atoms with Gasteiger partial charge in [-0.15, -0.1) is 0 Å². The molecule has 1 N–H and O–H groups in total. The van der Waals surface area contributed by atoms with E-state index >= 15 is 0 Å². The fourth-order valence-electron chi connectivity index (χ4n) is 2.11. The molecule has 0 aliphatic carbocycles. The van der Waals surface area contributed by atoms with Gasteiger partial charge < -0.3 is 0 Å². The van der Waals surface area contributed by atoms with E-state index in [1.54, 1.807) is 47.4 Å². The van der Waals surface area contributed by atoms with Crippen molar-refractivity contribution in [3.05, 3.63) is 72.3 Å². The highest BCUT2D eigenvalue weighted by atomic mass is 32.2. The molecule has 1 heterocycles. The number of hydrogen-bond acceptors (Lipinski definition) is 4. The minimum atomic E-state index is -3.57. The van der Waals surface area contributed by atoms with Gasteiger partial charge in [-0.05, 0) is 36.8 Å². The maximum Gasteiger partial charge on any atom is 0.261 e. The Bertz CT molecular complexity index is 871. The van der Waals surface area contributed by atoms with Gasteiger partial charge in [0.05, 0.1) is 11.4 Å².